The summed E-state index contributed by atoms with van der Waals surface area (Å²) < 4.78 is 0. The third-order valence-electron chi connectivity index (χ3n) is 5.75. The van der Waals surface area contributed by atoms with Crippen molar-refractivity contribution in [3.8, 4) is 11.1 Å². The number of hydrogen-bond donors (Lipinski definition) is 2. The van der Waals surface area contributed by atoms with Gasteiger partial charge in [0.05, 0.1) is 23.0 Å². The number of pyridine rings is 1. The first-order chi connectivity index (χ1) is 14.9. The number of primary amides is 1. The van der Waals surface area contributed by atoms with Crippen LogP contribution in [0.5, 0.6) is 0 Å². The molecule has 0 radical (unpaired) electrons. The van der Waals surface area contributed by atoms with E-state index in [2.05, 4.69) is 15.2 Å². The first kappa shape index (κ1) is 20.6. The smallest absolute Gasteiger partial charge is 0.255 e. The standard InChI is InChI=1S/C23H26N6O2/c1-28(2)19-7-5-15(6-8-19)17-10-18(12-25-11-17)23(31)29-9-3-4-16(14-29)21-20(22(24)30)13-26-27-21/h5-8,10-13,16H,3-4,9,14H2,1-2H3,(H2,24,30)(H,26,27)/t16-/m1/s1. The van der Waals surface area contributed by atoms with Crippen LogP contribution in [0.15, 0.2) is 48.9 Å². The summed E-state index contributed by atoms with van der Waals surface area (Å²) in [6.45, 7) is 1.17. The first-order valence-electron chi connectivity index (χ1n) is 10.3. The van der Waals surface area contributed by atoms with Gasteiger partial charge in [-0.2, -0.15) is 5.10 Å². The molecule has 1 fully saturated rings. The fourth-order valence-corrected chi connectivity index (χ4v) is 4.05. The van der Waals surface area contributed by atoms with E-state index in [-0.39, 0.29) is 11.8 Å². The molecule has 0 aliphatic carbocycles. The predicted molar refractivity (Wildman–Crippen MR) is 119 cm³/mol. The largest absolute Gasteiger partial charge is 0.378 e. The number of nitrogens with zero attached hydrogens (tertiary/aromatic N) is 4. The molecule has 160 valence electrons. The van der Waals surface area contributed by atoms with Gasteiger partial charge in [0.15, 0.2) is 0 Å². The van der Waals surface area contributed by atoms with Crippen molar-refractivity contribution in [2.45, 2.75) is 18.8 Å². The second-order valence-electron chi connectivity index (χ2n) is 8.06. The van der Waals surface area contributed by atoms with Crippen molar-refractivity contribution < 1.29 is 9.59 Å². The van der Waals surface area contributed by atoms with Gasteiger partial charge in [-0.25, -0.2) is 0 Å². The molecule has 0 spiro atoms. The number of carbonyl (C=O) groups is 2. The van der Waals surface area contributed by atoms with Crippen LogP contribution in [-0.2, 0) is 0 Å². The highest BCUT2D eigenvalue weighted by atomic mass is 16.2. The van der Waals surface area contributed by atoms with E-state index < -0.39 is 5.91 Å². The molecule has 8 heteroatoms. The molecule has 3 aromatic rings. The molecule has 1 aliphatic heterocycles. The Bertz CT molecular complexity index is 1090. The summed E-state index contributed by atoms with van der Waals surface area (Å²) in [5, 5.41) is 6.86. The minimum Gasteiger partial charge on any atom is -0.378 e. The minimum absolute atomic E-state index is 0.00239. The number of aromatic nitrogens is 3. The van der Waals surface area contributed by atoms with Gasteiger partial charge in [0, 0.05) is 56.7 Å². The molecule has 8 nitrogen and oxygen atoms in total. The second kappa shape index (κ2) is 8.59. The Hall–Kier alpha value is -3.68. The van der Waals surface area contributed by atoms with Gasteiger partial charge in [-0.05, 0) is 36.6 Å². The molecule has 1 saturated heterocycles. The number of likely N-dealkylation sites (tertiary alicyclic amines) is 1. The van der Waals surface area contributed by atoms with Crippen molar-refractivity contribution in [1.82, 2.24) is 20.1 Å². The topological polar surface area (TPSA) is 108 Å². The quantitative estimate of drug-likeness (QED) is 0.662. The van der Waals surface area contributed by atoms with Crippen molar-refractivity contribution in [2.24, 2.45) is 5.73 Å². The number of nitrogens with two attached hydrogens (primary N) is 1. The van der Waals surface area contributed by atoms with E-state index in [1.165, 1.54) is 6.20 Å². The van der Waals surface area contributed by atoms with Crippen molar-refractivity contribution in [2.75, 3.05) is 32.1 Å². The summed E-state index contributed by atoms with van der Waals surface area (Å²) in [4.78, 5) is 33.0. The van der Waals surface area contributed by atoms with E-state index in [4.69, 9.17) is 5.73 Å². The summed E-state index contributed by atoms with van der Waals surface area (Å²) in [6.07, 6.45) is 6.53. The summed E-state index contributed by atoms with van der Waals surface area (Å²) in [5.74, 6) is -0.578. The SMILES string of the molecule is CN(C)c1ccc(-c2cncc(C(=O)N3CCC[C@@H](c4[nH]ncc4C(N)=O)C3)c2)cc1. The van der Waals surface area contributed by atoms with Gasteiger partial charge in [0.1, 0.15) is 0 Å². The fourth-order valence-electron chi connectivity index (χ4n) is 4.05. The van der Waals surface area contributed by atoms with E-state index in [9.17, 15) is 9.59 Å². The summed E-state index contributed by atoms with van der Waals surface area (Å²) in [5.41, 5.74) is 10.1. The van der Waals surface area contributed by atoms with Crippen molar-refractivity contribution >= 4 is 17.5 Å². The predicted octanol–water partition coefficient (Wildman–Crippen LogP) is 2.66. The molecule has 31 heavy (non-hydrogen) atoms. The Morgan fingerprint density at radius 3 is 2.61 bits per heavy atom. The Morgan fingerprint density at radius 2 is 1.90 bits per heavy atom. The van der Waals surface area contributed by atoms with Crippen LogP contribution in [0.1, 0.15) is 45.2 Å². The molecule has 3 heterocycles. The van der Waals surface area contributed by atoms with Crippen LogP contribution in [0.3, 0.4) is 0 Å². The highest BCUT2D eigenvalue weighted by Crippen LogP contribution is 2.29. The molecule has 0 unspecified atom stereocenters. The zero-order chi connectivity index (χ0) is 22.0. The van der Waals surface area contributed by atoms with E-state index in [1.807, 2.05) is 54.2 Å². The molecule has 2 aromatic heterocycles. The molecule has 0 saturated carbocycles. The summed E-state index contributed by atoms with van der Waals surface area (Å²) >= 11 is 0. The molecule has 1 aromatic carbocycles. The highest BCUT2D eigenvalue weighted by Gasteiger charge is 2.29. The van der Waals surface area contributed by atoms with Crippen LogP contribution in [0.25, 0.3) is 11.1 Å². The van der Waals surface area contributed by atoms with E-state index in [0.29, 0.717) is 29.9 Å². The molecule has 3 N–H and O–H groups in total. The van der Waals surface area contributed by atoms with Gasteiger partial charge in [0.25, 0.3) is 11.8 Å². The average Bonchev–Trinajstić information content (AvgIpc) is 3.29. The number of hydrogen-bond acceptors (Lipinski definition) is 5. The molecule has 0 bridgehead atoms. The third kappa shape index (κ3) is 4.28. The number of H-pyrrole nitrogens is 1. The van der Waals surface area contributed by atoms with Crippen LogP contribution >= 0.6 is 0 Å². The maximum absolute atomic E-state index is 13.2. The molecule has 4 rings (SSSR count). The highest BCUT2D eigenvalue weighted by molar-refractivity contribution is 5.95. The lowest BCUT2D eigenvalue weighted by Crippen LogP contribution is -2.39. The zero-order valence-corrected chi connectivity index (χ0v) is 17.7. The van der Waals surface area contributed by atoms with Crippen LogP contribution < -0.4 is 10.6 Å². The average molecular weight is 419 g/mol. The maximum atomic E-state index is 13.2. The van der Waals surface area contributed by atoms with Gasteiger partial charge in [-0.15, -0.1) is 0 Å². The Balaban J connectivity index is 1.53. The normalized spacial score (nSPS) is 16.2. The molecular weight excluding hydrogens is 392 g/mol. The number of anilines is 1. The first-order valence-corrected chi connectivity index (χ1v) is 10.3. The lowest BCUT2D eigenvalue weighted by molar-refractivity contribution is 0.0705. The van der Waals surface area contributed by atoms with E-state index >= 15 is 0 Å². The molecule has 1 aliphatic rings. The van der Waals surface area contributed by atoms with E-state index in [0.717, 1.165) is 29.7 Å². The second-order valence-corrected chi connectivity index (χ2v) is 8.06. The summed E-state index contributed by atoms with van der Waals surface area (Å²) in [6, 6.07) is 10.0. The van der Waals surface area contributed by atoms with Crippen LogP contribution in [0.4, 0.5) is 5.69 Å². The molecular formula is C23H26N6O2. The van der Waals surface area contributed by atoms with Gasteiger partial charge >= 0.3 is 0 Å². The number of piperidine rings is 1. The summed E-state index contributed by atoms with van der Waals surface area (Å²) in [7, 11) is 3.99. The Labute approximate surface area is 181 Å². The lowest BCUT2D eigenvalue weighted by atomic mass is 9.92. The molecule has 2 amide bonds. The number of rotatable bonds is 5. The van der Waals surface area contributed by atoms with Gasteiger partial charge in [-0.3, -0.25) is 19.7 Å². The number of carbonyl (C=O) groups excluding carboxylic acids is 2. The zero-order valence-electron chi connectivity index (χ0n) is 17.7. The number of nitrogens with one attached hydrogen (secondary N) is 1. The monoisotopic (exact) mass is 418 g/mol. The Kier molecular flexibility index (Phi) is 5.70. The van der Waals surface area contributed by atoms with Crippen LogP contribution in [-0.4, -0.2) is 59.1 Å². The number of aromatic amines is 1. The van der Waals surface area contributed by atoms with Crippen LogP contribution in [0, 0.1) is 0 Å². The van der Waals surface area contributed by atoms with Gasteiger partial charge in [-0.1, -0.05) is 12.1 Å². The van der Waals surface area contributed by atoms with Gasteiger partial charge < -0.3 is 15.5 Å². The maximum Gasteiger partial charge on any atom is 0.255 e. The van der Waals surface area contributed by atoms with E-state index in [1.54, 1.807) is 12.4 Å². The number of benzene rings is 1. The van der Waals surface area contributed by atoms with Crippen molar-refractivity contribution in [1.29, 1.82) is 0 Å². The lowest BCUT2D eigenvalue weighted by Gasteiger charge is -2.32. The fraction of sp³-hybridized carbons (Fsp3) is 0.304. The Morgan fingerprint density at radius 1 is 1.13 bits per heavy atom. The van der Waals surface area contributed by atoms with Gasteiger partial charge in [0.2, 0.25) is 0 Å². The third-order valence-corrected chi connectivity index (χ3v) is 5.75. The van der Waals surface area contributed by atoms with Crippen LogP contribution in [0.2, 0.25) is 0 Å². The molecule has 1 atom stereocenters. The minimum atomic E-state index is -0.510. The number of amides is 2. The van der Waals surface area contributed by atoms with Crippen molar-refractivity contribution in [3.63, 3.8) is 0 Å². The van der Waals surface area contributed by atoms with Crippen molar-refractivity contribution in [3.05, 3.63) is 65.7 Å².